The lowest BCUT2D eigenvalue weighted by molar-refractivity contribution is 0.0531. The van der Waals surface area contributed by atoms with Gasteiger partial charge in [-0.2, -0.15) is 10.1 Å². The molecule has 3 rings (SSSR count). The Balaban J connectivity index is 1.65. The van der Waals surface area contributed by atoms with Gasteiger partial charge < -0.3 is 20.1 Å². The van der Waals surface area contributed by atoms with Crippen molar-refractivity contribution in [2.24, 2.45) is 15.8 Å². The number of benzene rings is 1. The fourth-order valence-corrected chi connectivity index (χ4v) is 3.05. The number of nitrogens with one attached hydrogen (secondary N) is 1. The Morgan fingerprint density at radius 1 is 1.28 bits per heavy atom. The number of amidine groups is 1. The zero-order valence-electron chi connectivity index (χ0n) is 18.4. The molecule has 8 heteroatoms. The van der Waals surface area contributed by atoms with Crippen LogP contribution < -0.4 is 11.2 Å². The number of hydrazone groups is 1. The Morgan fingerprint density at radius 3 is 2.88 bits per heavy atom. The van der Waals surface area contributed by atoms with Crippen molar-refractivity contribution in [1.29, 1.82) is 0 Å². The topological polar surface area (TPSA) is 97.4 Å². The second-order valence-electron chi connectivity index (χ2n) is 7.26. The molecule has 1 aliphatic heterocycles. The largest absolute Gasteiger partial charge is 0.478 e. The molecule has 0 aliphatic carbocycles. The van der Waals surface area contributed by atoms with Crippen molar-refractivity contribution in [2.45, 2.75) is 13.3 Å². The average molecular weight is 435 g/mol. The minimum absolute atomic E-state index is 0.264. The number of nitrogens with two attached hydrogens (primary N) is 1. The summed E-state index contributed by atoms with van der Waals surface area (Å²) in [5.74, 6) is 1.27. The Hall–Kier alpha value is -3.65. The molecular weight excluding hydrogens is 404 g/mol. The Morgan fingerprint density at radius 2 is 2.12 bits per heavy atom. The lowest BCUT2D eigenvalue weighted by atomic mass is 10.2. The lowest BCUT2D eigenvalue weighted by Gasteiger charge is -2.28. The van der Waals surface area contributed by atoms with E-state index in [-0.39, 0.29) is 5.88 Å². The van der Waals surface area contributed by atoms with E-state index in [1.165, 1.54) is 0 Å². The first-order valence-electron chi connectivity index (χ1n) is 10.6. The first-order chi connectivity index (χ1) is 15.6. The molecule has 168 valence electrons. The number of aromatic nitrogens is 1. The minimum atomic E-state index is 0.264. The monoisotopic (exact) mass is 434 g/mol. The fourth-order valence-electron chi connectivity index (χ4n) is 3.05. The maximum Gasteiger partial charge on any atom is 0.207 e. The second kappa shape index (κ2) is 12.3. The van der Waals surface area contributed by atoms with Gasteiger partial charge in [-0.05, 0) is 31.2 Å². The molecule has 0 radical (unpaired) electrons. The predicted molar refractivity (Wildman–Crippen MR) is 127 cm³/mol. The minimum Gasteiger partial charge on any atom is -0.478 e. The molecule has 0 unspecified atom stereocenters. The van der Waals surface area contributed by atoms with Crippen LogP contribution in [-0.2, 0) is 15.9 Å². The highest BCUT2D eigenvalue weighted by Crippen LogP contribution is 2.05. The zero-order valence-corrected chi connectivity index (χ0v) is 18.4. The van der Waals surface area contributed by atoms with E-state index in [9.17, 15) is 0 Å². The number of aryl methyl sites for hydroxylation is 1. The van der Waals surface area contributed by atoms with Gasteiger partial charge in [0.25, 0.3) is 0 Å². The number of ether oxygens (including phenoxy) is 2. The fraction of sp³-hybridized carbons (Fsp3) is 0.292. The first kappa shape index (κ1) is 23.0. The number of aliphatic imine (C=N–C) groups is 1. The molecular formula is C24H30N6O2. The third-order valence-corrected chi connectivity index (χ3v) is 4.69. The van der Waals surface area contributed by atoms with Crippen molar-refractivity contribution in [3.05, 3.63) is 89.8 Å². The molecule has 2 aromatic rings. The van der Waals surface area contributed by atoms with Crippen LogP contribution in [0.4, 0.5) is 0 Å². The summed E-state index contributed by atoms with van der Waals surface area (Å²) in [5.41, 5.74) is 12.3. The van der Waals surface area contributed by atoms with E-state index in [1.807, 2.05) is 54.3 Å². The number of hydrogen-bond donors (Lipinski definition) is 2. The van der Waals surface area contributed by atoms with E-state index in [0.717, 1.165) is 29.9 Å². The molecule has 3 N–H and O–H groups in total. The number of nitrogens with zero attached hydrogens (tertiary/aromatic N) is 4. The zero-order chi connectivity index (χ0) is 22.6. The van der Waals surface area contributed by atoms with Crippen molar-refractivity contribution in [3.63, 3.8) is 0 Å². The third kappa shape index (κ3) is 7.88. The molecule has 1 saturated heterocycles. The van der Waals surface area contributed by atoms with Crippen LogP contribution in [0.15, 0.2) is 83.1 Å². The molecule has 2 heterocycles. The predicted octanol–water partition coefficient (Wildman–Crippen LogP) is 2.57. The second-order valence-corrected chi connectivity index (χ2v) is 7.26. The molecule has 1 aromatic heterocycles. The summed E-state index contributed by atoms with van der Waals surface area (Å²) < 4.78 is 11.1. The van der Waals surface area contributed by atoms with Crippen molar-refractivity contribution < 1.29 is 9.47 Å². The van der Waals surface area contributed by atoms with Gasteiger partial charge in [-0.1, -0.05) is 35.9 Å². The van der Waals surface area contributed by atoms with Gasteiger partial charge in [0.05, 0.1) is 26.0 Å². The smallest absolute Gasteiger partial charge is 0.207 e. The van der Waals surface area contributed by atoms with Gasteiger partial charge in [0.2, 0.25) is 5.88 Å². The van der Waals surface area contributed by atoms with Crippen LogP contribution >= 0.6 is 0 Å². The van der Waals surface area contributed by atoms with Crippen molar-refractivity contribution >= 4 is 12.1 Å². The molecule has 1 fully saturated rings. The number of pyridine rings is 1. The molecule has 0 bridgehead atoms. The molecule has 0 atom stereocenters. The summed E-state index contributed by atoms with van der Waals surface area (Å²) in [7, 11) is 0. The normalized spacial score (nSPS) is 15.1. The van der Waals surface area contributed by atoms with E-state index < -0.39 is 0 Å². The van der Waals surface area contributed by atoms with Crippen molar-refractivity contribution in [1.82, 2.24) is 15.3 Å². The molecule has 8 nitrogen and oxygen atoms in total. The quantitative estimate of drug-likeness (QED) is 0.273. The summed E-state index contributed by atoms with van der Waals surface area (Å²) in [6.07, 6.45) is 5.88. The molecule has 1 aromatic carbocycles. The van der Waals surface area contributed by atoms with E-state index in [1.54, 1.807) is 18.5 Å². The standard InChI is InChI=1S/C24H30N6O2/c1-19-6-5-7-21(16-19)18-27-29-24(17-23(25)30-11-14-31-15-12-30)28-20(2)32-13-9-22-8-3-4-10-26-22/h3-8,10,16-18H,2,9,11-15,25H2,1H3,(H,28,29)/b23-17+,27-18+. The molecule has 0 amide bonds. The van der Waals surface area contributed by atoms with Crippen LogP contribution in [0, 0.1) is 6.92 Å². The molecule has 1 aliphatic rings. The SMILES string of the molecule is C=C(/N=C(\C=C(/N)N1CCOCC1)N/N=C/c1cccc(C)c1)OCCc1ccccn1. The van der Waals surface area contributed by atoms with Crippen molar-refractivity contribution in [2.75, 3.05) is 32.9 Å². The first-order valence-corrected chi connectivity index (χ1v) is 10.6. The molecule has 0 saturated carbocycles. The van der Waals surface area contributed by atoms with Gasteiger partial charge in [0.1, 0.15) is 5.82 Å². The maximum atomic E-state index is 6.28. The Labute approximate surface area is 189 Å². The summed E-state index contributed by atoms with van der Waals surface area (Å²) in [6, 6.07) is 13.8. The van der Waals surface area contributed by atoms with Gasteiger partial charge >= 0.3 is 0 Å². The summed E-state index contributed by atoms with van der Waals surface area (Å²) in [4.78, 5) is 10.8. The van der Waals surface area contributed by atoms with E-state index in [2.05, 4.69) is 27.1 Å². The average Bonchev–Trinajstić information content (AvgIpc) is 2.80. The van der Waals surface area contributed by atoms with Gasteiger partial charge in [-0.25, -0.2) is 0 Å². The number of morpholine rings is 1. The number of hydrogen-bond acceptors (Lipinski definition) is 7. The van der Waals surface area contributed by atoms with Crippen molar-refractivity contribution in [3.8, 4) is 0 Å². The van der Waals surface area contributed by atoms with Crippen LogP contribution in [0.1, 0.15) is 16.8 Å². The highest BCUT2D eigenvalue weighted by Gasteiger charge is 2.12. The van der Waals surface area contributed by atoms with Crippen LogP contribution in [0.3, 0.4) is 0 Å². The lowest BCUT2D eigenvalue weighted by Crippen LogP contribution is -2.39. The molecule has 32 heavy (non-hydrogen) atoms. The Bertz CT molecular complexity index is 965. The summed E-state index contributed by atoms with van der Waals surface area (Å²) in [6.45, 7) is 9.09. The number of rotatable bonds is 9. The molecule has 0 spiro atoms. The third-order valence-electron chi connectivity index (χ3n) is 4.69. The van der Waals surface area contributed by atoms with Gasteiger partial charge in [0, 0.05) is 37.5 Å². The summed E-state index contributed by atoms with van der Waals surface area (Å²) in [5, 5.41) is 4.31. The summed E-state index contributed by atoms with van der Waals surface area (Å²) >= 11 is 0. The van der Waals surface area contributed by atoms with Crippen LogP contribution in [-0.4, -0.2) is 54.8 Å². The van der Waals surface area contributed by atoms with E-state index in [4.69, 9.17) is 15.2 Å². The van der Waals surface area contributed by atoms with Crippen LogP contribution in [0.5, 0.6) is 0 Å². The highest BCUT2D eigenvalue weighted by atomic mass is 16.5. The van der Waals surface area contributed by atoms with Crippen LogP contribution in [0.25, 0.3) is 0 Å². The van der Waals surface area contributed by atoms with Gasteiger partial charge in [-0.3, -0.25) is 10.4 Å². The van der Waals surface area contributed by atoms with E-state index >= 15 is 0 Å². The van der Waals surface area contributed by atoms with E-state index in [0.29, 0.717) is 37.9 Å². The highest BCUT2D eigenvalue weighted by molar-refractivity contribution is 5.94. The maximum absolute atomic E-state index is 6.28. The van der Waals surface area contributed by atoms with Gasteiger partial charge in [-0.15, -0.1) is 0 Å². The van der Waals surface area contributed by atoms with Crippen LogP contribution in [0.2, 0.25) is 0 Å². The Kier molecular flexibility index (Phi) is 8.82. The van der Waals surface area contributed by atoms with Gasteiger partial charge in [0.15, 0.2) is 5.84 Å².